The molecule has 0 fully saturated rings. The third kappa shape index (κ3) is 1.93. The zero-order chi connectivity index (χ0) is 14.2. The molecule has 0 bridgehead atoms. The van der Waals surface area contributed by atoms with Gasteiger partial charge in [-0.2, -0.15) is 0 Å². The molecule has 0 amide bonds. The smallest absolute Gasteiger partial charge is 0.0681 e. The fourth-order valence-electron chi connectivity index (χ4n) is 3.27. The third-order valence-electron chi connectivity index (χ3n) is 4.01. The molecule has 2 aromatic rings. The van der Waals surface area contributed by atoms with Gasteiger partial charge in [0.15, 0.2) is 0 Å². The average Bonchev–Trinajstić information content (AvgIpc) is 2.71. The summed E-state index contributed by atoms with van der Waals surface area (Å²) in [6.45, 7) is 1.22. The van der Waals surface area contributed by atoms with Crippen LogP contribution in [0.2, 0.25) is 0 Å². The molecule has 0 saturated heterocycles. The molecule has 0 aliphatic heterocycles. The van der Waals surface area contributed by atoms with Crippen LogP contribution in [0.5, 0.6) is 0 Å². The summed E-state index contributed by atoms with van der Waals surface area (Å²) in [6.07, 6.45) is 0. The predicted octanol–water partition coefficient (Wildman–Crippen LogP) is 4.01. The maximum Gasteiger partial charge on any atom is 0.0681 e. The summed E-state index contributed by atoms with van der Waals surface area (Å²) < 4.78 is 12.2. The minimum atomic E-state index is -0.223. The van der Waals surface area contributed by atoms with Gasteiger partial charge in [0.1, 0.15) is 0 Å². The molecule has 20 heavy (non-hydrogen) atoms. The van der Waals surface area contributed by atoms with E-state index < -0.39 is 0 Å². The van der Waals surface area contributed by atoms with Crippen molar-refractivity contribution in [3.63, 3.8) is 0 Å². The van der Waals surface area contributed by atoms with Crippen molar-refractivity contribution in [3.8, 4) is 11.1 Å². The Hall–Kier alpha value is -1.16. The summed E-state index contributed by atoms with van der Waals surface area (Å²) in [5.41, 5.74) is 4.90. The molecule has 0 atom stereocenters. The van der Waals surface area contributed by atoms with E-state index >= 15 is 0 Å². The molecule has 0 heterocycles. The largest absolute Gasteiger partial charge is 0.383 e. The van der Waals surface area contributed by atoms with Crippen LogP contribution < -0.4 is 0 Å². The fourth-order valence-corrected chi connectivity index (χ4v) is 3.63. The van der Waals surface area contributed by atoms with Crippen LogP contribution in [-0.2, 0) is 14.9 Å². The second-order valence-electron chi connectivity index (χ2n) is 5.18. The molecule has 104 valence electrons. The van der Waals surface area contributed by atoms with E-state index in [0.717, 1.165) is 4.47 Å². The molecule has 0 radical (unpaired) electrons. The van der Waals surface area contributed by atoms with E-state index in [-0.39, 0.29) is 5.41 Å². The molecule has 2 aromatic carbocycles. The first-order valence-electron chi connectivity index (χ1n) is 6.61. The van der Waals surface area contributed by atoms with Crippen LogP contribution in [0.25, 0.3) is 11.1 Å². The standard InChI is InChI=1S/C17H17BrO2/c1-19-10-17(11-20-2)15-6-4-3-5-13(15)14-8-7-12(18)9-16(14)17/h3-9H,10-11H2,1-2H3. The number of methoxy groups -OCH3 is 2. The highest BCUT2D eigenvalue weighted by Gasteiger charge is 2.43. The zero-order valence-corrected chi connectivity index (χ0v) is 13.2. The molecule has 3 rings (SSSR count). The number of halogens is 1. The highest BCUT2D eigenvalue weighted by Crippen LogP contribution is 2.49. The van der Waals surface area contributed by atoms with E-state index in [4.69, 9.17) is 9.47 Å². The Morgan fingerprint density at radius 1 is 0.900 bits per heavy atom. The Labute approximate surface area is 127 Å². The van der Waals surface area contributed by atoms with Crippen molar-refractivity contribution < 1.29 is 9.47 Å². The van der Waals surface area contributed by atoms with Gasteiger partial charge in [0.25, 0.3) is 0 Å². The summed E-state index contributed by atoms with van der Waals surface area (Å²) in [5.74, 6) is 0. The first-order chi connectivity index (χ1) is 9.73. The first-order valence-corrected chi connectivity index (χ1v) is 7.40. The molecule has 0 aromatic heterocycles. The molecule has 3 heteroatoms. The summed E-state index contributed by atoms with van der Waals surface area (Å²) in [6, 6.07) is 15.0. The zero-order valence-electron chi connectivity index (χ0n) is 11.7. The summed E-state index contributed by atoms with van der Waals surface area (Å²) in [5, 5.41) is 0. The van der Waals surface area contributed by atoms with Crippen molar-refractivity contribution in [3.05, 3.63) is 58.1 Å². The molecule has 1 aliphatic rings. The lowest BCUT2D eigenvalue weighted by Crippen LogP contribution is -2.35. The van der Waals surface area contributed by atoms with E-state index in [0.29, 0.717) is 13.2 Å². The Kier molecular flexibility index (Phi) is 3.67. The van der Waals surface area contributed by atoms with Crippen LogP contribution in [0.4, 0.5) is 0 Å². The average molecular weight is 333 g/mol. The lowest BCUT2D eigenvalue weighted by Gasteiger charge is -2.30. The Morgan fingerprint density at radius 3 is 2.25 bits per heavy atom. The lowest BCUT2D eigenvalue weighted by molar-refractivity contribution is 0.0814. The van der Waals surface area contributed by atoms with Gasteiger partial charge < -0.3 is 9.47 Å². The topological polar surface area (TPSA) is 18.5 Å². The Morgan fingerprint density at radius 2 is 1.55 bits per heavy atom. The first kappa shape index (κ1) is 13.8. The lowest BCUT2D eigenvalue weighted by atomic mass is 9.79. The molecule has 0 N–H and O–H groups in total. The summed E-state index contributed by atoms with van der Waals surface area (Å²) >= 11 is 3.58. The molecular weight excluding hydrogens is 316 g/mol. The summed E-state index contributed by atoms with van der Waals surface area (Å²) in [7, 11) is 3.49. The minimum Gasteiger partial charge on any atom is -0.383 e. The van der Waals surface area contributed by atoms with Crippen molar-refractivity contribution >= 4 is 15.9 Å². The van der Waals surface area contributed by atoms with Crippen molar-refractivity contribution in [2.45, 2.75) is 5.41 Å². The van der Waals surface area contributed by atoms with Gasteiger partial charge >= 0.3 is 0 Å². The number of fused-ring (bicyclic) bond motifs is 3. The van der Waals surface area contributed by atoms with E-state index in [1.165, 1.54) is 22.3 Å². The molecule has 2 nitrogen and oxygen atoms in total. The van der Waals surface area contributed by atoms with Gasteiger partial charge in [-0.25, -0.2) is 0 Å². The number of benzene rings is 2. The molecule has 0 spiro atoms. The number of ether oxygens (including phenoxy) is 2. The maximum absolute atomic E-state index is 5.54. The predicted molar refractivity (Wildman–Crippen MR) is 84.1 cm³/mol. The minimum absolute atomic E-state index is 0.223. The van der Waals surface area contributed by atoms with Crippen LogP contribution in [0.3, 0.4) is 0 Å². The van der Waals surface area contributed by atoms with E-state index in [9.17, 15) is 0 Å². The van der Waals surface area contributed by atoms with Gasteiger partial charge in [0, 0.05) is 18.7 Å². The van der Waals surface area contributed by atoms with E-state index in [2.05, 4.69) is 58.4 Å². The highest BCUT2D eigenvalue weighted by atomic mass is 79.9. The SMILES string of the molecule is COCC1(COC)c2ccccc2-c2ccc(Br)cc21. The van der Waals surface area contributed by atoms with Crippen LogP contribution in [0.15, 0.2) is 46.9 Å². The quantitative estimate of drug-likeness (QED) is 0.842. The number of hydrogen-bond donors (Lipinski definition) is 0. The normalized spacial score (nSPS) is 14.9. The second kappa shape index (κ2) is 5.32. The van der Waals surface area contributed by atoms with E-state index in [1.807, 2.05) is 0 Å². The Balaban J connectivity index is 2.30. The number of rotatable bonds is 4. The van der Waals surface area contributed by atoms with Gasteiger partial charge in [0.05, 0.1) is 18.6 Å². The molecule has 0 saturated carbocycles. The fraction of sp³-hybridized carbons (Fsp3) is 0.294. The monoisotopic (exact) mass is 332 g/mol. The van der Waals surface area contributed by atoms with Crippen molar-refractivity contribution in [1.29, 1.82) is 0 Å². The summed E-state index contributed by atoms with van der Waals surface area (Å²) in [4.78, 5) is 0. The van der Waals surface area contributed by atoms with Gasteiger partial charge in [0.2, 0.25) is 0 Å². The number of hydrogen-bond acceptors (Lipinski definition) is 2. The Bertz CT molecular complexity index is 631. The highest BCUT2D eigenvalue weighted by molar-refractivity contribution is 9.10. The van der Waals surface area contributed by atoms with Crippen LogP contribution in [-0.4, -0.2) is 27.4 Å². The van der Waals surface area contributed by atoms with Gasteiger partial charge in [-0.1, -0.05) is 46.3 Å². The van der Waals surface area contributed by atoms with Gasteiger partial charge in [-0.15, -0.1) is 0 Å². The van der Waals surface area contributed by atoms with Crippen molar-refractivity contribution in [1.82, 2.24) is 0 Å². The van der Waals surface area contributed by atoms with Crippen LogP contribution in [0.1, 0.15) is 11.1 Å². The molecular formula is C17H17BrO2. The van der Waals surface area contributed by atoms with E-state index in [1.54, 1.807) is 14.2 Å². The van der Waals surface area contributed by atoms with Crippen LogP contribution >= 0.6 is 15.9 Å². The molecule has 1 aliphatic carbocycles. The maximum atomic E-state index is 5.54. The van der Waals surface area contributed by atoms with Crippen molar-refractivity contribution in [2.75, 3.05) is 27.4 Å². The molecule has 0 unspecified atom stereocenters. The third-order valence-corrected chi connectivity index (χ3v) is 4.50. The van der Waals surface area contributed by atoms with Gasteiger partial charge in [-0.05, 0) is 34.4 Å². The van der Waals surface area contributed by atoms with Crippen LogP contribution in [0, 0.1) is 0 Å². The van der Waals surface area contributed by atoms with Gasteiger partial charge in [-0.3, -0.25) is 0 Å². The van der Waals surface area contributed by atoms with Crippen molar-refractivity contribution in [2.24, 2.45) is 0 Å². The second-order valence-corrected chi connectivity index (χ2v) is 6.10.